The molecule has 0 saturated heterocycles. The highest BCUT2D eigenvalue weighted by Gasteiger charge is 2.09. The molecule has 1 aliphatic rings. The second kappa shape index (κ2) is 8.41. The monoisotopic (exact) mass is 301 g/mol. The summed E-state index contributed by atoms with van der Waals surface area (Å²) in [6, 6.07) is 6.80. The van der Waals surface area contributed by atoms with E-state index < -0.39 is 0 Å². The zero-order valence-electron chi connectivity index (χ0n) is 13.4. The molecule has 0 unspecified atom stereocenters. The van der Waals surface area contributed by atoms with Crippen molar-refractivity contribution in [3.8, 4) is 0 Å². The van der Waals surface area contributed by atoms with Crippen molar-refractivity contribution in [1.29, 1.82) is 0 Å². The fourth-order valence-electron chi connectivity index (χ4n) is 2.69. The number of aryl methyl sites for hydroxylation is 2. The summed E-state index contributed by atoms with van der Waals surface area (Å²) in [6.45, 7) is 3.40. The van der Waals surface area contributed by atoms with Gasteiger partial charge in [0.25, 0.3) is 0 Å². The molecule has 0 aliphatic heterocycles. The van der Waals surface area contributed by atoms with Crippen LogP contribution in [0.3, 0.4) is 0 Å². The van der Waals surface area contributed by atoms with Crippen LogP contribution in [-0.2, 0) is 19.3 Å². The van der Waals surface area contributed by atoms with Crippen LogP contribution in [0.5, 0.6) is 0 Å². The van der Waals surface area contributed by atoms with Crippen LogP contribution in [0.15, 0.2) is 28.2 Å². The molecule has 0 heterocycles. The molecule has 0 spiro atoms. The molecule has 120 valence electrons. The maximum atomic E-state index is 5.80. The van der Waals surface area contributed by atoms with Gasteiger partial charge in [-0.05, 0) is 55.2 Å². The van der Waals surface area contributed by atoms with E-state index >= 15 is 0 Å². The lowest BCUT2D eigenvalue weighted by Crippen LogP contribution is -2.41. The van der Waals surface area contributed by atoms with Crippen LogP contribution >= 0.6 is 0 Å². The van der Waals surface area contributed by atoms with Crippen LogP contribution in [-0.4, -0.2) is 25.0 Å². The van der Waals surface area contributed by atoms with Crippen molar-refractivity contribution in [2.75, 3.05) is 13.1 Å². The molecule has 0 saturated carbocycles. The first-order valence-corrected chi connectivity index (χ1v) is 8.16. The Hall–Kier alpha value is -2.04. The zero-order chi connectivity index (χ0) is 15.8. The van der Waals surface area contributed by atoms with Gasteiger partial charge < -0.3 is 11.5 Å². The van der Waals surface area contributed by atoms with Gasteiger partial charge in [-0.1, -0.05) is 25.1 Å². The third-order valence-electron chi connectivity index (χ3n) is 3.86. The topological polar surface area (TPSA) is 88.8 Å². The average Bonchev–Trinajstić information content (AvgIpc) is 2.52. The molecule has 0 aromatic heterocycles. The summed E-state index contributed by atoms with van der Waals surface area (Å²) in [5, 5.41) is 2.81. The first-order valence-electron chi connectivity index (χ1n) is 8.16. The molecule has 22 heavy (non-hydrogen) atoms. The Labute approximate surface area is 132 Å². The van der Waals surface area contributed by atoms with Crippen molar-refractivity contribution in [3.05, 3.63) is 34.9 Å². The molecule has 1 aromatic carbocycles. The maximum absolute atomic E-state index is 5.80. The molecule has 5 heteroatoms. The zero-order valence-corrected chi connectivity index (χ0v) is 13.4. The van der Waals surface area contributed by atoms with Gasteiger partial charge in [-0.2, -0.15) is 0 Å². The summed E-state index contributed by atoms with van der Waals surface area (Å²) in [4.78, 5) is 8.42. The number of benzene rings is 1. The van der Waals surface area contributed by atoms with Gasteiger partial charge in [-0.3, -0.25) is 15.3 Å². The number of nitrogens with one attached hydrogen (secondary N) is 1. The van der Waals surface area contributed by atoms with Crippen LogP contribution < -0.4 is 16.8 Å². The van der Waals surface area contributed by atoms with Gasteiger partial charge in [0.2, 0.25) is 0 Å². The Morgan fingerprint density at radius 3 is 2.45 bits per heavy atom. The van der Waals surface area contributed by atoms with Crippen molar-refractivity contribution in [1.82, 2.24) is 5.32 Å². The van der Waals surface area contributed by atoms with Crippen molar-refractivity contribution >= 4 is 11.9 Å². The van der Waals surface area contributed by atoms with Crippen molar-refractivity contribution in [2.24, 2.45) is 21.5 Å². The van der Waals surface area contributed by atoms with E-state index in [1.54, 1.807) is 0 Å². The van der Waals surface area contributed by atoms with Crippen LogP contribution in [0, 0.1) is 0 Å². The van der Waals surface area contributed by atoms with E-state index in [0.29, 0.717) is 25.0 Å². The number of nitrogens with zero attached hydrogens (tertiary/aromatic N) is 2. The Morgan fingerprint density at radius 2 is 1.73 bits per heavy atom. The van der Waals surface area contributed by atoms with E-state index in [9.17, 15) is 0 Å². The SMILES string of the molecule is CCCN=C(N)NC(N)=NCCc1ccc2c(c1)CCCC2. The van der Waals surface area contributed by atoms with Gasteiger partial charge in [-0.25, -0.2) is 0 Å². The molecule has 0 bridgehead atoms. The summed E-state index contributed by atoms with van der Waals surface area (Å²) in [6.07, 6.45) is 6.91. The number of fused-ring (bicyclic) bond motifs is 1. The first-order chi connectivity index (χ1) is 10.7. The van der Waals surface area contributed by atoms with Gasteiger partial charge in [-0.15, -0.1) is 0 Å². The molecule has 0 radical (unpaired) electrons. The molecule has 0 amide bonds. The van der Waals surface area contributed by atoms with E-state index in [1.807, 2.05) is 6.92 Å². The van der Waals surface area contributed by atoms with Gasteiger partial charge >= 0.3 is 0 Å². The maximum Gasteiger partial charge on any atom is 0.195 e. The predicted molar refractivity (Wildman–Crippen MR) is 93.2 cm³/mol. The van der Waals surface area contributed by atoms with E-state index in [0.717, 1.165) is 12.8 Å². The van der Waals surface area contributed by atoms with Crippen molar-refractivity contribution in [2.45, 2.75) is 45.4 Å². The Balaban J connectivity index is 1.83. The molecular formula is C17H27N5. The Bertz CT molecular complexity index is 548. The van der Waals surface area contributed by atoms with Crippen LogP contribution in [0.2, 0.25) is 0 Å². The van der Waals surface area contributed by atoms with Gasteiger partial charge in [0.15, 0.2) is 11.9 Å². The lowest BCUT2D eigenvalue weighted by Gasteiger charge is -2.16. The second-order valence-electron chi connectivity index (χ2n) is 5.72. The summed E-state index contributed by atoms with van der Waals surface area (Å²) in [7, 11) is 0. The Morgan fingerprint density at radius 1 is 1.05 bits per heavy atom. The first kappa shape index (κ1) is 16.3. The Kier molecular flexibility index (Phi) is 6.25. The highest BCUT2D eigenvalue weighted by Crippen LogP contribution is 2.22. The quantitative estimate of drug-likeness (QED) is 0.571. The third-order valence-corrected chi connectivity index (χ3v) is 3.86. The average molecular weight is 301 g/mol. The summed E-state index contributed by atoms with van der Waals surface area (Å²) < 4.78 is 0. The summed E-state index contributed by atoms with van der Waals surface area (Å²) in [5.74, 6) is 0.659. The highest BCUT2D eigenvalue weighted by atomic mass is 15.2. The van der Waals surface area contributed by atoms with Crippen LogP contribution in [0.1, 0.15) is 42.9 Å². The molecule has 1 aliphatic carbocycles. The second-order valence-corrected chi connectivity index (χ2v) is 5.72. The number of aliphatic imine (C=N–C) groups is 2. The minimum atomic E-state index is 0.329. The van der Waals surface area contributed by atoms with E-state index in [2.05, 4.69) is 33.5 Å². The minimum Gasteiger partial charge on any atom is -0.370 e. The third kappa shape index (κ3) is 5.06. The van der Waals surface area contributed by atoms with Gasteiger partial charge in [0, 0.05) is 13.1 Å². The molecule has 5 N–H and O–H groups in total. The number of hydrogen-bond donors (Lipinski definition) is 3. The van der Waals surface area contributed by atoms with Gasteiger partial charge in [0.05, 0.1) is 0 Å². The summed E-state index contributed by atoms with van der Waals surface area (Å²) >= 11 is 0. The molecule has 5 nitrogen and oxygen atoms in total. The minimum absolute atomic E-state index is 0.329. The number of rotatable bonds is 5. The molecular weight excluding hydrogens is 274 g/mol. The normalized spacial score (nSPS) is 15.5. The van der Waals surface area contributed by atoms with E-state index in [4.69, 9.17) is 11.5 Å². The van der Waals surface area contributed by atoms with Crippen LogP contribution in [0.4, 0.5) is 0 Å². The van der Waals surface area contributed by atoms with Crippen molar-refractivity contribution < 1.29 is 0 Å². The number of guanidine groups is 2. The number of nitrogens with two attached hydrogens (primary N) is 2. The fourth-order valence-corrected chi connectivity index (χ4v) is 2.69. The lowest BCUT2D eigenvalue weighted by molar-refractivity contribution is 0.684. The molecule has 0 fully saturated rings. The summed E-state index contributed by atoms with van der Waals surface area (Å²) in [5.41, 5.74) is 15.8. The molecule has 2 rings (SSSR count). The van der Waals surface area contributed by atoms with E-state index in [1.165, 1.54) is 42.4 Å². The smallest absolute Gasteiger partial charge is 0.195 e. The van der Waals surface area contributed by atoms with Gasteiger partial charge in [0.1, 0.15) is 0 Å². The highest BCUT2D eigenvalue weighted by molar-refractivity contribution is 5.97. The van der Waals surface area contributed by atoms with Crippen LogP contribution in [0.25, 0.3) is 0 Å². The fraction of sp³-hybridized carbons (Fsp3) is 0.529. The lowest BCUT2D eigenvalue weighted by atomic mass is 9.90. The van der Waals surface area contributed by atoms with Crippen molar-refractivity contribution in [3.63, 3.8) is 0 Å². The predicted octanol–water partition coefficient (Wildman–Crippen LogP) is 1.74. The number of hydrogen-bond acceptors (Lipinski definition) is 2. The molecule has 0 atom stereocenters. The largest absolute Gasteiger partial charge is 0.370 e. The molecule has 1 aromatic rings. The van der Waals surface area contributed by atoms with E-state index in [-0.39, 0.29) is 0 Å². The standard InChI is InChI=1S/C17H27N5/c1-2-10-20-16(18)22-17(19)21-11-9-13-7-8-14-5-3-4-6-15(14)12-13/h7-8,12H,2-6,9-11H2,1H3,(H5,18,19,20,21,22).